The van der Waals surface area contributed by atoms with Crippen molar-refractivity contribution < 1.29 is 9.13 Å². The number of hydrogen-bond donors (Lipinski definition) is 0. The fraction of sp³-hybridized carbons (Fsp3) is 0.400. The fourth-order valence-electron chi connectivity index (χ4n) is 3.49. The van der Waals surface area contributed by atoms with Crippen LogP contribution in [-0.2, 0) is 7.05 Å². The smallest absolute Gasteiger partial charge is 0.278 e. The van der Waals surface area contributed by atoms with Crippen LogP contribution in [-0.4, -0.2) is 21.3 Å². The minimum Gasteiger partial charge on any atom is -0.497 e. The molecule has 3 aromatic rings. The number of benzene rings is 1. The van der Waals surface area contributed by atoms with Gasteiger partial charge in [-0.2, -0.15) is 0 Å². The lowest BCUT2D eigenvalue weighted by atomic mass is 9.95. The Balaban J connectivity index is 2.30. The van der Waals surface area contributed by atoms with Gasteiger partial charge < -0.3 is 4.74 Å². The van der Waals surface area contributed by atoms with Gasteiger partial charge >= 0.3 is 0 Å². The lowest BCUT2D eigenvalue weighted by molar-refractivity contribution is 0.411. The van der Waals surface area contributed by atoms with Gasteiger partial charge in [0.2, 0.25) is 0 Å². The maximum atomic E-state index is 14.5. The molecule has 0 radical (unpaired) electrons. The Hall–Kier alpha value is -2.63. The first kappa shape index (κ1) is 18.2. The molecule has 0 N–H and O–H groups in total. The van der Waals surface area contributed by atoms with E-state index in [0.717, 1.165) is 24.1 Å². The summed E-state index contributed by atoms with van der Waals surface area (Å²) in [6.07, 6.45) is 1.90. The van der Waals surface area contributed by atoms with Gasteiger partial charge in [0, 0.05) is 18.8 Å². The summed E-state index contributed by atoms with van der Waals surface area (Å²) in [6.45, 7) is 6.15. The molecule has 0 aliphatic heterocycles. The SMILES string of the molecule is CCC(CC)c1cc(C)n2nc(-c3ccc(OC)cc3F)n(C)c(=O)c12. The van der Waals surface area contributed by atoms with Crippen LogP contribution >= 0.6 is 0 Å². The van der Waals surface area contributed by atoms with Gasteiger partial charge in [0.25, 0.3) is 5.56 Å². The number of methoxy groups -OCH3 is 1. The maximum Gasteiger partial charge on any atom is 0.278 e. The van der Waals surface area contributed by atoms with Crippen molar-refractivity contribution in [2.75, 3.05) is 7.11 Å². The Kier molecular flexibility index (Phi) is 4.85. The summed E-state index contributed by atoms with van der Waals surface area (Å²) in [4.78, 5) is 13.1. The minimum atomic E-state index is -0.476. The molecule has 0 saturated heterocycles. The van der Waals surface area contributed by atoms with Gasteiger partial charge in [0.15, 0.2) is 5.82 Å². The van der Waals surface area contributed by atoms with Crippen molar-refractivity contribution in [3.63, 3.8) is 0 Å². The molecular weight excluding hydrogens is 333 g/mol. The lowest BCUT2D eigenvalue weighted by Crippen LogP contribution is -2.24. The molecule has 26 heavy (non-hydrogen) atoms. The van der Waals surface area contributed by atoms with Crippen LogP contribution in [0.15, 0.2) is 29.1 Å². The molecule has 0 spiro atoms. The molecule has 6 heteroatoms. The predicted molar refractivity (Wildman–Crippen MR) is 100 cm³/mol. The molecular formula is C20H24FN3O2. The summed E-state index contributed by atoms with van der Waals surface area (Å²) in [5.74, 6) is 0.538. The number of fused-ring (bicyclic) bond motifs is 1. The highest BCUT2D eigenvalue weighted by Gasteiger charge is 2.21. The van der Waals surface area contributed by atoms with Crippen LogP contribution in [0.1, 0.15) is 43.9 Å². The van der Waals surface area contributed by atoms with E-state index in [4.69, 9.17) is 4.74 Å². The Bertz CT molecular complexity index is 1020. The summed E-state index contributed by atoms with van der Waals surface area (Å²) in [7, 11) is 3.12. The molecule has 0 saturated carbocycles. The third kappa shape index (κ3) is 2.79. The van der Waals surface area contributed by atoms with Crippen molar-refractivity contribution in [2.24, 2.45) is 7.05 Å². The van der Waals surface area contributed by atoms with E-state index in [2.05, 4.69) is 18.9 Å². The highest BCUT2D eigenvalue weighted by Crippen LogP contribution is 2.29. The zero-order valence-corrected chi connectivity index (χ0v) is 15.8. The van der Waals surface area contributed by atoms with E-state index < -0.39 is 5.82 Å². The van der Waals surface area contributed by atoms with Gasteiger partial charge in [-0.15, -0.1) is 5.10 Å². The second-order valence-electron chi connectivity index (χ2n) is 6.55. The van der Waals surface area contributed by atoms with E-state index >= 15 is 0 Å². The van der Waals surface area contributed by atoms with Crippen LogP contribution in [0.4, 0.5) is 4.39 Å². The van der Waals surface area contributed by atoms with Crippen molar-refractivity contribution in [3.05, 3.63) is 51.7 Å². The monoisotopic (exact) mass is 357 g/mol. The maximum absolute atomic E-state index is 14.5. The third-order valence-corrected chi connectivity index (χ3v) is 5.05. The average molecular weight is 357 g/mol. The Morgan fingerprint density at radius 2 is 1.92 bits per heavy atom. The molecule has 0 unspecified atom stereocenters. The van der Waals surface area contributed by atoms with E-state index in [1.54, 1.807) is 23.7 Å². The standard InChI is InChI=1S/C20H24FN3O2/c1-6-13(7-2)16-10-12(3)24-18(16)20(25)23(4)19(22-24)15-9-8-14(26-5)11-17(15)21/h8-11,13H,6-7H2,1-5H3. The molecule has 5 nitrogen and oxygen atoms in total. The van der Waals surface area contributed by atoms with Crippen LogP contribution < -0.4 is 10.3 Å². The first-order valence-corrected chi connectivity index (χ1v) is 8.86. The lowest BCUT2D eigenvalue weighted by Gasteiger charge is -2.13. The summed E-state index contributed by atoms with van der Waals surface area (Å²) in [5, 5.41) is 4.59. The average Bonchev–Trinajstić information content (AvgIpc) is 2.96. The van der Waals surface area contributed by atoms with E-state index in [1.807, 2.05) is 13.0 Å². The Morgan fingerprint density at radius 1 is 1.23 bits per heavy atom. The summed E-state index contributed by atoms with van der Waals surface area (Å²) in [5.41, 5.74) is 2.57. The number of nitrogens with zero attached hydrogens (tertiary/aromatic N) is 3. The quantitative estimate of drug-likeness (QED) is 0.692. The third-order valence-electron chi connectivity index (χ3n) is 5.05. The van der Waals surface area contributed by atoms with Crippen LogP contribution in [0.3, 0.4) is 0 Å². The molecule has 138 valence electrons. The van der Waals surface area contributed by atoms with Crippen molar-refractivity contribution in [1.29, 1.82) is 0 Å². The number of hydrogen-bond acceptors (Lipinski definition) is 3. The predicted octanol–water partition coefficient (Wildman–Crippen LogP) is 4.06. The molecule has 0 fully saturated rings. The van der Waals surface area contributed by atoms with E-state index in [0.29, 0.717) is 17.2 Å². The molecule has 2 heterocycles. The van der Waals surface area contributed by atoms with Gasteiger partial charge in [0.05, 0.1) is 12.7 Å². The largest absolute Gasteiger partial charge is 0.497 e. The van der Waals surface area contributed by atoms with Gasteiger partial charge in [0.1, 0.15) is 17.1 Å². The second-order valence-corrected chi connectivity index (χ2v) is 6.55. The highest BCUT2D eigenvalue weighted by atomic mass is 19.1. The van der Waals surface area contributed by atoms with Crippen molar-refractivity contribution in [1.82, 2.24) is 14.2 Å². The highest BCUT2D eigenvalue weighted by molar-refractivity contribution is 5.62. The number of rotatable bonds is 5. The molecule has 1 aromatic carbocycles. The summed E-state index contributed by atoms with van der Waals surface area (Å²) in [6, 6.07) is 6.56. The first-order chi connectivity index (χ1) is 12.4. The molecule has 3 rings (SSSR count). The van der Waals surface area contributed by atoms with Crippen molar-refractivity contribution in [2.45, 2.75) is 39.5 Å². The van der Waals surface area contributed by atoms with Gasteiger partial charge in [-0.05, 0) is 49.4 Å². The minimum absolute atomic E-state index is 0.166. The van der Waals surface area contributed by atoms with Gasteiger partial charge in [-0.1, -0.05) is 13.8 Å². The molecule has 0 atom stereocenters. The first-order valence-electron chi connectivity index (χ1n) is 8.86. The van der Waals surface area contributed by atoms with E-state index in [1.165, 1.54) is 17.7 Å². The molecule has 2 aromatic heterocycles. The summed E-state index contributed by atoms with van der Waals surface area (Å²) < 4.78 is 22.7. The zero-order valence-electron chi connectivity index (χ0n) is 15.8. The fourth-order valence-corrected chi connectivity index (χ4v) is 3.49. The van der Waals surface area contributed by atoms with Crippen LogP contribution in [0.5, 0.6) is 5.75 Å². The molecule has 0 bridgehead atoms. The number of aryl methyl sites for hydroxylation is 1. The van der Waals surface area contributed by atoms with Crippen LogP contribution in [0.25, 0.3) is 16.9 Å². The Morgan fingerprint density at radius 3 is 2.50 bits per heavy atom. The summed E-state index contributed by atoms with van der Waals surface area (Å²) >= 11 is 0. The van der Waals surface area contributed by atoms with E-state index in [9.17, 15) is 9.18 Å². The van der Waals surface area contributed by atoms with Crippen LogP contribution in [0.2, 0.25) is 0 Å². The van der Waals surface area contributed by atoms with E-state index in [-0.39, 0.29) is 16.9 Å². The van der Waals surface area contributed by atoms with Gasteiger partial charge in [-0.25, -0.2) is 8.91 Å². The number of halogens is 1. The number of ether oxygens (including phenoxy) is 1. The molecule has 0 aliphatic rings. The van der Waals surface area contributed by atoms with Crippen molar-refractivity contribution >= 4 is 5.52 Å². The van der Waals surface area contributed by atoms with Gasteiger partial charge in [-0.3, -0.25) is 9.36 Å². The number of aromatic nitrogens is 3. The topological polar surface area (TPSA) is 48.5 Å². The van der Waals surface area contributed by atoms with Crippen LogP contribution in [0, 0.1) is 12.7 Å². The normalized spacial score (nSPS) is 11.5. The molecule has 0 amide bonds. The van der Waals surface area contributed by atoms with Crippen molar-refractivity contribution in [3.8, 4) is 17.1 Å². The second kappa shape index (κ2) is 6.94. The molecule has 0 aliphatic carbocycles. The zero-order chi connectivity index (χ0) is 19.0. The Labute approximate surface area is 152 Å².